The molecule has 1 aromatic heterocycles. The van der Waals surface area contributed by atoms with E-state index < -0.39 is 11.7 Å². The molecule has 0 spiro atoms. The van der Waals surface area contributed by atoms with Gasteiger partial charge in [0, 0.05) is 11.3 Å². The molecule has 0 atom stereocenters. The highest BCUT2D eigenvalue weighted by molar-refractivity contribution is 7.99. The summed E-state index contributed by atoms with van der Waals surface area (Å²) in [5, 5.41) is 11.4. The molecule has 29 heavy (non-hydrogen) atoms. The van der Waals surface area contributed by atoms with Crippen molar-refractivity contribution in [2.24, 2.45) is 0 Å². The second-order valence-corrected chi connectivity index (χ2v) is 7.24. The Kier molecular flexibility index (Phi) is 6.58. The number of carbonyl (C=O) groups excluding carboxylic acids is 1. The molecule has 0 saturated carbocycles. The predicted octanol–water partition coefficient (Wildman–Crippen LogP) is 4.72. The van der Waals surface area contributed by atoms with Crippen LogP contribution < -0.4 is 5.32 Å². The van der Waals surface area contributed by atoms with Crippen LogP contribution in [0.4, 0.5) is 13.2 Å². The predicted molar refractivity (Wildman–Crippen MR) is 105 cm³/mol. The van der Waals surface area contributed by atoms with Crippen LogP contribution in [0.15, 0.2) is 59.8 Å². The molecule has 0 aliphatic heterocycles. The number of nitrogens with zero attached hydrogens (tertiary/aromatic N) is 3. The van der Waals surface area contributed by atoms with Crippen LogP contribution in [0.1, 0.15) is 35.1 Å². The van der Waals surface area contributed by atoms with Gasteiger partial charge in [0.05, 0.1) is 17.8 Å². The third-order valence-electron chi connectivity index (χ3n) is 4.01. The number of halogens is 3. The molecule has 3 rings (SSSR count). The van der Waals surface area contributed by atoms with Gasteiger partial charge in [0.25, 0.3) is 5.91 Å². The second kappa shape index (κ2) is 9.13. The summed E-state index contributed by atoms with van der Waals surface area (Å²) in [6.07, 6.45) is -3.58. The highest BCUT2D eigenvalue weighted by atomic mass is 32.2. The molecule has 3 aromatic rings. The van der Waals surface area contributed by atoms with Crippen molar-refractivity contribution in [3.05, 3.63) is 71.5 Å². The number of nitrogens with one attached hydrogen (secondary N) is 1. The number of hydrogen-bond donors (Lipinski definition) is 1. The molecule has 152 valence electrons. The van der Waals surface area contributed by atoms with Crippen LogP contribution in [0.3, 0.4) is 0 Å². The molecule has 0 bridgehead atoms. The average Bonchev–Trinajstić information content (AvgIpc) is 3.13. The summed E-state index contributed by atoms with van der Waals surface area (Å²) >= 11 is 1.40. The fourth-order valence-corrected chi connectivity index (χ4v) is 3.46. The zero-order chi connectivity index (χ0) is 20.9. The molecule has 2 aromatic carbocycles. The van der Waals surface area contributed by atoms with Gasteiger partial charge >= 0.3 is 6.18 Å². The van der Waals surface area contributed by atoms with E-state index in [4.69, 9.17) is 0 Å². The maximum absolute atomic E-state index is 13.2. The minimum absolute atomic E-state index is 0.0314. The lowest BCUT2D eigenvalue weighted by atomic mass is 10.2. The Bertz CT molecular complexity index is 973. The van der Waals surface area contributed by atoms with Crippen molar-refractivity contribution >= 4 is 17.7 Å². The van der Waals surface area contributed by atoms with Gasteiger partial charge in [-0.05, 0) is 36.8 Å². The van der Waals surface area contributed by atoms with E-state index in [0.717, 1.165) is 24.3 Å². The van der Waals surface area contributed by atoms with Gasteiger partial charge in [-0.2, -0.15) is 13.2 Å². The third kappa shape index (κ3) is 5.17. The molecule has 1 N–H and O–H groups in total. The van der Waals surface area contributed by atoms with E-state index in [1.807, 2.05) is 6.92 Å². The van der Waals surface area contributed by atoms with Gasteiger partial charge < -0.3 is 5.32 Å². The highest BCUT2D eigenvalue weighted by Gasteiger charge is 2.31. The number of hydrogen-bond acceptors (Lipinski definition) is 4. The van der Waals surface area contributed by atoms with Crippen LogP contribution in [-0.2, 0) is 12.7 Å². The Morgan fingerprint density at radius 3 is 2.55 bits per heavy atom. The number of thioether (sulfide) groups is 1. The summed E-state index contributed by atoms with van der Waals surface area (Å²) in [4.78, 5) is 12.3. The molecule has 0 fully saturated rings. The zero-order valence-electron chi connectivity index (χ0n) is 15.6. The van der Waals surface area contributed by atoms with E-state index in [9.17, 15) is 18.0 Å². The molecule has 0 aliphatic rings. The van der Waals surface area contributed by atoms with Crippen LogP contribution in [0.5, 0.6) is 0 Å². The van der Waals surface area contributed by atoms with E-state index in [2.05, 4.69) is 15.5 Å². The summed E-state index contributed by atoms with van der Waals surface area (Å²) in [6.45, 7) is 2.03. The molecule has 1 amide bonds. The summed E-state index contributed by atoms with van der Waals surface area (Å²) in [6, 6.07) is 13.6. The maximum Gasteiger partial charge on any atom is 0.416 e. The Morgan fingerprint density at radius 1 is 1.10 bits per heavy atom. The highest BCUT2D eigenvalue weighted by Crippen LogP contribution is 2.31. The first-order valence-corrected chi connectivity index (χ1v) is 9.96. The van der Waals surface area contributed by atoms with Gasteiger partial charge in [-0.1, -0.05) is 43.0 Å². The second-order valence-electron chi connectivity index (χ2n) is 6.18. The number of carbonyl (C=O) groups is 1. The van der Waals surface area contributed by atoms with Crippen molar-refractivity contribution in [1.82, 2.24) is 20.1 Å². The first kappa shape index (κ1) is 20.9. The molecule has 0 radical (unpaired) electrons. The number of benzene rings is 2. The van der Waals surface area contributed by atoms with E-state index in [0.29, 0.717) is 22.2 Å². The van der Waals surface area contributed by atoms with Crippen molar-refractivity contribution in [3.8, 4) is 5.69 Å². The van der Waals surface area contributed by atoms with E-state index in [1.54, 1.807) is 41.0 Å². The van der Waals surface area contributed by atoms with Gasteiger partial charge in [0.2, 0.25) is 0 Å². The van der Waals surface area contributed by atoms with Gasteiger partial charge in [0.1, 0.15) is 0 Å². The normalized spacial score (nSPS) is 11.4. The van der Waals surface area contributed by atoms with E-state index in [1.165, 1.54) is 17.8 Å². The lowest BCUT2D eigenvalue weighted by molar-refractivity contribution is -0.137. The van der Waals surface area contributed by atoms with Crippen LogP contribution in [0.25, 0.3) is 5.69 Å². The molecule has 1 heterocycles. The summed E-state index contributed by atoms with van der Waals surface area (Å²) in [7, 11) is 0. The summed E-state index contributed by atoms with van der Waals surface area (Å²) in [5.41, 5.74) is 0.0278. The largest absolute Gasteiger partial charge is 0.416 e. The van der Waals surface area contributed by atoms with Crippen LogP contribution in [0.2, 0.25) is 0 Å². The Labute approximate surface area is 170 Å². The minimum Gasteiger partial charge on any atom is -0.345 e. The van der Waals surface area contributed by atoms with Gasteiger partial charge in [-0.15, -0.1) is 10.2 Å². The van der Waals surface area contributed by atoms with Crippen molar-refractivity contribution in [3.63, 3.8) is 0 Å². The Hall–Kier alpha value is -2.81. The SMILES string of the molecule is CCCSc1nnc(CNC(=O)c2ccccc2)n1-c1cccc(C(F)(F)F)c1. The standard InChI is InChI=1S/C20H19F3N4OS/c1-2-11-29-19-26-25-17(13-24-18(28)14-7-4-3-5-8-14)27(19)16-10-6-9-15(12-16)20(21,22)23/h3-10,12H,2,11,13H2,1H3,(H,24,28). The summed E-state index contributed by atoms with van der Waals surface area (Å²) < 4.78 is 41.0. The van der Waals surface area contributed by atoms with Gasteiger partial charge in [-0.3, -0.25) is 9.36 Å². The number of rotatable bonds is 7. The number of aromatic nitrogens is 3. The Balaban J connectivity index is 1.90. The molecule has 0 aliphatic carbocycles. The first-order valence-electron chi connectivity index (χ1n) is 8.98. The topological polar surface area (TPSA) is 59.8 Å². The monoisotopic (exact) mass is 420 g/mol. The van der Waals surface area contributed by atoms with Crippen molar-refractivity contribution in [2.75, 3.05) is 5.75 Å². The van der Waals surface area contributed by atoms with Crippen molar-refractivity contribution < 1.29 is 18.0 Å². The van der Waals surface area contributed by atoms with Gasteiger partial charge in [-0.25, -0.2) is 0 Å². The molecule has 0 unspecified atom stereocenters. The van der Waals surface area contributed by atoms with Crippen molar-refractivity contribution in [2.45, 2.75) is 31.2 Å². The average molecular weight is 420 g/mol. The smallest absolute Gasteiger partial charge is 0.345 e. The van der Waals surface area contributed by atoms with Crippen LogP contribution >= 0.6 is 11.8 Å². The minimum atomic E-state index is -4.46. The molecular weight excluding hydrogens is 401 g/mol. The van der Waals surface area contributed by atoms with E-state index in [-0.39, 0.29) is 12.5 Å². The lowest BCUT2D eigenvalue weighted by Crippen LogP contribution is -2.24. The molecule has 5 nitrogen and oxygen atoms in total. The number of alkyl halides is 3. The number of amides is 1. The molecular formula is C20H19F3N4OS. The van der Waals surface area contributed by atoms with Crippen LogP contribution in [0, 0.1) is 0 Å². The van der Waals surface area contributed by atoms with Gasteiger partial charge in [0.15, 0.2) is 11.0 Å². The molecule has 0 saturated heterocycles. The maximum atomic E-state index is 13.2. The Morgan fingerprint density at radius 2 is 1.86 bits per heavy atom. The quantitative estimate of drug-likeness (QED) is 0.562. The summed E-state index contributed by atoms with van der Waals surface area (Å²) in [5.74, 6) is 0.798. The lowest BCUT2D eigenvalue weighted by Gasteiger charge is -2.13. The molecule has 9 heteroatoms. The van der Waals surface area contributed by atoms with Crippen LogP contribution in [-0.4, -0.2) is 26.4 Å². The van der Waals surface area contributed by atoms with Crippen molar-refractivity contribution in [1.29, 1.82) is 0 Å². The first-order chi connectivity index (χ1) is 13.9. The van der Waals surface area contributed by atoms with E-state index >= 15 is 0 Å². The fraction of sp³-hybridized carbons (Fsp3) is 0.250. The third-order valence-corrected chi connectivity index (χ3v) is 5.15. The fourth-order valence-electron chi connectivity index (χ4n) is 2.63. The zero-order valence-corrected chi connectivity index (χ0v) is 16.4.